The zero-order chi connectivity index (χ0) is 18.5. The lowest BCUT2D eigenvalue weighted by Crippen LogP contribution is -2.53. The molecule has 138 valence electrons. The van der Waals surface area contributed by atoms with E-state index in [2.05, 4.69) is 53.4 Å². The highest BCUT2D eigenvalue weighted by Crippen LogP contribution is 2.47. The molecule has 1 heterocycles. The second kappa shape index (κ2) is 8.08. The van der Waals surface area contributed by atoms with Crippen molar-refractivity contribution in [2.24, 2.45) is 0 Å². The van der Waals surface area contributed by atoms with Crippen LogP contribution in [-0.4, -0.2) is 23.1 Å². The quantitative estimate of drug-likeness (QED) is 0.682. The fourth-order valence-electron chi connectivity index (χ4n) is 4.53. The SMILES string of the molecule is OC(c1ccccc1)C(c1ccccc1)(c1ccccc1)N1CCCCC1. The van der Waals surface area contributed by atoms with Gasteiger partial charge in [0, 0.05) is 0 Å². The first kappa shape index (κ1) is 18.0. The van der Waals surface area contributed by atoms with Crippen LogP contribution >= 0.6 is 0 Å². The van der Waals surface area contributed by atoms with E-state index in [1.165, 1.54) is 19.3 Å². The van der Waals surface area contributed by atoms with Crippen LogP contribution in [0.3, 0.4) is 0 Å². The van der Waals surface area contributed by atoms with Gasteiger partial charge in [-0.3, -0.25) is 4.90 Å². The molecule has 3 aromatic carbocycles. The van der Waals surface area contributed by atoms with Crippen molar-refractivity contribution in [3.63, 3.8) is 0 Å². The molecule has 1 saturated heterocycles. The van der Waals surface area contributed by atoms with Crippen molar-refractivity contribution in [1.82, 2.24) is 4.90 Å². The molecule has 0 aliphatic carbocycles. The topological polar surface area (TPSA) is 23.5 Å². The summed E-state index contributed by atoms with van der Waals surface area (Å²) in [6.45, 7) is 1.99. The third-order valence-electron chi connectivity index (χ3n) is 5.79. The van der Waals surface area contributed by atoms with E-state index in [0.717, 1.165) is 29.8 Å². The highest BCUT2D eigenvalue weighted by molar-refractivity contribution is 5.43. The number of nitrogens with zero attached hydrogens (tertiary/aromatic N) is 1. The normalized spacial score (nSPS) is 16.8. The predicted octanol–water partition coefficient (Wildman–Crippen LogP) is 5.15. The number of piperidine rings is 1. The summed E-state index contributed by atoms with van der Waals surface area (Å²) in [6, 6.07) is 31.1. The molecule has 1 N–H and O–H groups in total. The summed E-state index contributed by atoms with van der Waals surface area (Å²) in [4.78, 5) is 2.50. The summed E-state index contributed by atoms with van der Waals surface area (Å²) in [5, 5.41) is 11.8. The third-order valence-corrected chi connectivity index (χ3v) is 5.79. The van der Waals surface area contributed by atoms with E-state index in [1.807, 2.05) is 42.5 Å². The second-order valence-electron chi connectivity index (χ2n) is 7.36. The van der Waals surface area contributed by atoms with Crippen molar-refractivity contribution < 1.29 is 5.11 Å². The van der Waals surface area contributed by atoms with Gasteiger partial charge in [0.2, 0.25) is 0 Å². The first-order valence-corrected chi connectivity index (χ1v) is 9.92. The molecule has 2 heteroatoms. The Morgan fingerprint density at radius 3 is 1.56 bits per heavy atom. The predicted molar refractivity (Wildman–Crippen MR) is 110 cm³/mol. The van der Waals surface area contributed by atoms with Crippen LogP contribution in [0.2, 0.25) is 0 Å². The van der Waals surface area contributed by atoms with Crippen LogP contribution in [0.4, 0.5) is 0 Å². The summed E-state index contributed by atoms with van der Waals surface area (Å²) >= 11 is 0. The lowest BCUT2D eigenvalue weighted by Gasteiger charge is -2.49. The van der Waals surface area contributed by atoms with Gasteiger partial charge in [0.25, 0.3) is 0 Å². The number of rotatable bonds is 5. The Labute approximate surface area is 162 Å². The average molecular weight is 357 g/mol. The van der Waals surface area contributed by atoms with Gasteiger partial charge in [-0.15, -0.1) is 0 Å². The molecule has 4 rings (SSSR count). The van der Waals surface area contributed by atoms with Crippen molar-refractivity contribution in [3.05, 3.63) is 108 Å². The van der Waals surface area contributed by atoms with Crippen molar-refractivity contribution >= 4 is 0 Å². The molecule has 27 heavy (non-hydrogen) atoms. The van der Waals surface area contributed by atoms with E-state index < -0.39 is 11.6 Å². The summed E-state index contributed by atoms with van der Waals surface area (Å²) in [5.74, 6) is 0. The molecular formula is C25H27NO. The van der Waals surface area contributed by atoms with Crippen molar-refractivity contribution in [2.75, 3.05) is 13.1 Å². The third kappa shape index (κ3) is 3.31. The molecule has 0 amide bonds. The minimum atomic E-state index is -0.651. The van der Waals surface area contributed by atoms with Gasteiger partial charge in [0.1, 0.15) is 11.6 Å². The van der Waals surface area contributed by atoms with Gasteiger partial charge in [-0.05, 0) is 42.6 Å². The van der Waals surface area contributed by atoms with E-state index in [1.54, 1.807) is 0 Å². The number of hydrogen-bond donors (Lipinski definition) is 1. The Hall–Kier alpha value is -2.42. The Morgan fingerprint density at radius 2 is 1.07 bits per heavy atom. The summed E-state index contributed by atoms with van der Waals surface area (Å²) < 4.78 is 0. The largest absolute Gasteiger partial charge is 0.386 e. The highest BCUT2D eigenvalue weighted by Gasteiger charge is 2.47. The second-order valence-corrected chi connectivity index (χ2v) is 7.36. The fraction of sp³-hybridized carbons (Fsp3) is 0.280. The molecule has 0 radical (unpaired) electrons. The van der Waals surface area contributed by atoms with E-state index in [4.69, 9.17) is 0 Å². The van der Waals surface area contributed by atoms with Crippen LogP contribution in [0.25, 0.3) is 0 Å². The Morgan fingerprint density at radius 1 is 0.630 bits per heavy atom. The molecular weight excluding hydrogens is 330 g/mol. The van der Waals surface area contributed by atoms with E-state index in [0.29, 0.717) is 0 Å². The van der Waals surface area contributed by atoms with Gasteiger partial charge in [0.15, 0.2) is 0 Å². The highest BCUT2D eigenvalue weighted by atomic mass is 16.3. The first-order chi connectivity index (χ1) is 13.3. The zero-order valence-corrected chi connectivity index (χ0v) is 15.7. The standard InChI is InChI=1S/C25H27NO/c27-24(21-13-5-1-6-14-21)25(22-15-7-2-8-16-22,23-17-9-3-10-18-23)26-19-11-4-12-20-26/h1-3,5-10,13-18,24,27H,4,11-12,19-20H2. The smallest absolute Gasteiger partial charge is 0.106 e. The van der Waals surface area contributed by atoms with Gasteiger partial charge in [0.05, 0.1) is 0 Å². The zero-order valence-electron chi connectivity index (χ0n) is 15.7. The fourth-order valence-corrected chi connectivity index (χ4v) is 4.53. The molecule has 0 aromatic heterocycles. The number of aliphatic hydroxyl groups excluding tert-OH is 1. The Balaban J connectivity index is 1.96. The molecule has 3 aromatic rings. The van der Waals surface area contributed by atoms with Crippen LogP contribution < -0.4 is 0 Å². The van der Waals surface area contributed by atoms with Crippen LogP contribution in [-0.2, 0) is 5.54 Å². The molecule has 0 saturated carbocycles. The maximum absolute atomic E-state index is 11.8. The van der Waals surface area contributed by atoms with Gasteiger partial charge < -0.3 is 5.11 Å². The van der Waals surface area contributed by atoms with Gasteiger partial charge >= 0.3 is 0 Å². The van der Waals surface area contributed by atoms with E-state index in [9.17, 15) is 5.11 Å². The number of hydrogen-bond acceptors (Lipinski definition) is 2. The average Bonchev–Trinajstić information content (AvgIpc) is 2.77. The Kier molecular flexibility index (Phi) is 5.38. The van der Waals surface area contributed by atoms with E-state index >= 15 is 0 Å². The maximum atomic E-state index is 11.8. The molecule has 1 aliphatic rings. The van der Waals surface area contributed by atoms with Crippen LogP contribution in [0, 0.1) is 0 Å². The van der Waals surface area contributed by atoms with Gasteiger partial charge in [-0.25, -0.2) is 0 Å². The maximum Gasteiger partial charge on any atom is 0.106 e. The van der Waals surface area contributed by atoms with E-state index in [-0.39, 0.29) is 0 Å². The van der Waals surface area contributed by atoms with Gasteiger partial charge in [-0.1, -0.05) is 97.4 Å². The summed E-state index contributed by atoms with van der Waals surface area (Å²) in [6.07, 6.45) is 2.95. The van der Waals surface area contributed by atoms with Crippen LogP contribution in [0.5, 0.6) is 0 Å². The number of aliphatic hydroxyl groups is 1. The first-order valence-electron chi connectivity index (χ1n) is 9.92. The summed E-state index contributed by atoms with van der Waals surface area (Å²) in [5.41, 5.74) is 2.66. The van der Waals surface area contributed by atoms with Crippen molar-refractivity contribution in [1.29, 1.82) is 0 Å². The molecule has 1 fully saturated rings. The molecule has 2 nitrogen and oxygen atoms in total. The van der Waals surface area contributed by atoms with Crippen molar-refractivity contribution in [2.45, 2.75) is 30.9 Å². The summed E-state index contributed by atoms with van der Waals surface area (Å²) in [7, 11) is 0. The number of likely N-dealkylation sites (tertiary alicyclic amines) is 1. The molecule has 1 unspecified atom stereocenters. The van der Waals surface area contributed by atoms with Crippen LogP contribution in [0.1, 0.15) is 42.1 Å². The lowest BCUT2D eigenvalue weighted by molar-refractivity contribution is -0.0221. The van der Waals surface area contributed by atoms with Gasteiger partial charge in [-0.2, -0.15) is 0 Å². The monoisotopic (exact) mass is 357 g/mol. The molecule has 1 aliphatic heterocycles. The molecule has 0 bridgehead atoms. The molecule has 0 spiro atoms. The lowest BCUT2D eigenvalue weighted by atomic mass is 9.73. The van der Waals surface area contributed by atoms with Crippen molar-refractivity contribution in [3.8, 4) is 0 Å². The van der Waals surface area contributed by atoms with Crippen LogP contribution in [0.15, 0.2) is 91.0 Å². The minimum absolute atomic E-state index is 0.593. The molecule has 1 atom stereocenters. The minimum Gasteiger partial charge on any atom is -0.386 e. The Bertz CT molecular complexity index is 786. The number of benzene rings is 3.